The molecule has 1 atom stereocenters. The zero-order valence-corrected chi connectivity index (χ0v) is 15.0. The van der Waals surface area contributed by atoms with Crippen molar-refractivity contribution in [2.75, 3.05) is 6.54 Å². The van der Waals surface area contributed by atoms with Crippen molar-refractivity contribution in [2.24, 2.45) is 0 Å². The summed E-state index contributed by atoms with van der Waals surface area (Å²) < 4.78 is 4.12. The van der Waals surface area contributed by atoms with E-state index in [9.17, 15) is 0 Å². The van der Waals surface area contributed by atoms with E-state index in [1.807, 2.05) is 35.3 Å². The van der Waals surface area contributed by atoms with Crippen molar-refractivity contribution in [1.29, 1.82) is 0 Å². The number of nitrogens with zero attached hydrogens (tertiary/aromatic N) is 5. The Labute approximate surface area is 154 Å². The summed E-state index contributed by atoms with van der Waals surface area (Å²) in [6.07, 6.45) is 24.0. The summed E-state index contributed by atoms with van der Waals surface area (Å²) in [6, 6.07) is 4.26. The lowest BCUT2D eigenvalue weighted by Gasteiger charge is -2.39. The maximum atomic E-state index is 4.55. The van der Waals surface area contributed by atoms with Crippen LogP contribution in [-0.4, -0.2) is 44.1 Å². The van der Waals surface area contributed by atoms with E-state index in [0.29, 0.717) is 0 Å². The predicted molar refractivity (Wildman–Crippen MR) is 102 cm³/mol. The lowest BCUT2D eigenvalue weighted by molar-refractivity contribution is -0.743. The van der Waals surface area contributed by atoms with Crippen molar-refractivity contribution >= 4 is 7.12 Å². The van der Waals surface area contributed by atoms with E-state index in [2.05, 4.69) is 80.4 Å². The van der Waals surface area contributed by atoms with Crippen LogP contribution in [0.15, 0.2) is 85.3 Å². The van der Waals surface area contributed by atoms with Gasteiger partial charge in [0.25, 0.3) is 0 Å². The molecule has 4 heterocycles. The van der Waals surface area contributed by atoms with Gasteiger partial charge in [0.1, 0.15) is 0 Å². The minimum atomic E-state index is 0.00439. The predicted octanol–water partition coefficient (Wildman–Crippen LogP) is 1.95. The van der Waals surface area contributed by atoms with Gasteiger partial charge in [-0.05, 0) is 44.0 Å². The van der Waals surface area contributed by atoms with Gasteiger partial charge >= 0.3 is 7.12 Å². The Kier molecular flexibility index (Phi) is 4.77. The lowest BCUT2D eigenvalue weighted by Crippen LogP contribution is -2.58. The molecule has 0 saturated heterocycles. The van der Waals surface area contributed by atoms with Crippen LogP contribution < -0.4 is 4.68 Å². The fourth-order valence-electron chi connectivity index (χ4n) is 3.51. The molecule has 0 spiro atoms. The second kappa shape index (κ2) is 7.51. The van der Waals surface area contributed by atoms with Crippen LogP contribution in [0, 0.1) is 0 Å². The monoisotopic (exact) mass is 347 g/mol. The first-order chi connectivity index (χ1) is 12.8. The molecule has 0 bridgehead atoms. The maximum Gasteiger partial charge on any atom is 0.525 e. The zero-order chi connectivity index (χ0) is 17.8. The molecule has 2 aromatic rings. The third kappa shape index (κ3) is 3.38. The van der Waals surface area contributed by atoms with Crippen molar-refractivity contribution in [3.05, 3.63) is 85.3 Å². The quantitative estimate of drug-likeness (QED) is 0.664. The highest BCUT2D eigenvalue weighted by Gasteiger charge is 2.37. The maximum absolute atomic E-state index is 4.55. The van der Waals surface area contributed by atoms with Crippen LogP contribution in [0.2, 0.25) is 0 Å². The average Bonchev–Trinajstić information content (AvgIpc) is 3.29. The molecule has 2 aliphatic heterocycles. The highest BCUT2D eigenvalue weighted by atomic mass is 15.4. The molecule has 6 nitrogen and oxygen atoms in total. The molecule has 0 saturated carbocycles. The molecular weight excluding hydrogens is 323 g/mol. The van der Waals surface area contributed by atoms with Crippen LogP contribution in [-0.2, 0) is 6.54 Å². The number of aromatic amines is 1. The highest BCUT2D eigenvalue weighted by Crippen LogP contribution is 2.21. The van der Waals surface area contributed by atoms with Crippen molar-refractivity contribution in [1.82, 2.24) is 24.4 Å². The van der Waals surface area contributed by atoms with E-state index >= 15 is 0 Å². The van der Waals surface area contributed by atoms with E-state index in [0.717, 1.165) is 19.5 Å². The molecule has 1 unspecified atom stereocenters. The summed E-state index contributed by atoms with van der Waals surface area (Å²) in [6.45, 7) is 4.06. The summed E-state index contributed by atoms with van der Waals surface area (Å²) in [5, 5.41) is 7.78. The number of nitrogens with one attached hydrogen (secondary N) is 1. The smallest absolute Gasteiger partial charge is 0.381 e. The Bertz CT molecular complexity index is 818. The molecule has 2 aliphatic rings. The Hall–Kier alpha value is -2.96. The summed E-state index contributed by atoms with van der Waals surface area (Å²) >= 11 is 0. The van der Waals surface area contributed by atoms with Crippen LogP contribution in [0.25, 0.3) is 0 Å². The van der Waals surface area contributed by atoms with Gasteiger partial charge in [0, 0.05) is 36.6 Å². The van der Waals surface area contributed by atoms with Gasteiger partial charge in [-0.1, -0.05) is 18.2 Å². The van der Waals surface area contributed by atoms with Crippen LogP contribution in [0.3, 0.4) is 0 Å². The molecule has 2 aromatic heterocycles. The molecule has 132 valence electrons. The number of allylic oxidation sites excluding steroid dienone is 4. The summed E-state index contributed by atoms with van der Waals surface area (Å²) in [5.74, 6) is 0. The average molecular weight is 347 g/mol. The van der Waals surface area contributed by atoms with Gasteiger partial charge in [0.2, 0.25) is 0 Å². The third-order valence-corrected chi connectivity index (χ3v) is 4.91. The van der Waals surface area contributed by atoms with Crippen LogP contribution in [0.1, 0.15) is 13.3 Å². The summed E-state index contributed by atoms with van der Waals surface area (Å²) in [4.78, 5) is 4.72. The van der Waals surface area contributed by atoms with Crippen LogP contribution >= 0.6 is 0 Å². The molecular formula is C19H24BN6+. The fraction of sp³-hybridized carbons (Fsp3) is 0.263. The third-order valence-electron chi connectivity index (χ3n) is 4.91. The Morgan fingerprint density at radius 1 is 1.27 bits per heavy atom. The van der Waals surface area contributed by atoms with E-state index in [4.69, 9.17) is 0 Å². The van der Waals surface area contributed by atoms with Gasteiger partial charge in [-0.2, -0.15) is 10.2 Å². The first kappa shape index (κ1) is 16.5. The van der Waals surface area contributed by atoms with E-state index in [-0.39, 0.29) is 13.2 Å². The van der Waals surface area contributed by atoms with Crippen molar-refractivity contribution in [2.45, 2.75) is 25.9 Å². The van der Waals surface area contributed by atoms with Gasteiger partial charge in [-0.25, -0.2) is 0 Å². The molecule has 4 rings (SSSR count). The number of aromatic nitrogens is 4. The van der Waals surface area contributed by atoms with E-state index in [1.165, 1.54) is 5.57 Å². The second-order valence-electron chi connectivity index (χ2n) is 6.60. The minimum Gasteiger partial charge on any atom is -0.381 e. The molecule has 1 N–H and O–H groups in total. The van der Waals surface area contributed by atoms with Gasteiger partial charge in [0.05, 0.1) is 6.20 Å². The molecule has 26 heavy (non-hydrogen) atoms. The van der Waals surface area contributed by atoms with Crippen LogP contribution in [0.5, 0.6) is 0 Å². The molecule has 0 aromatic carbocycles. The summed E-state index contributed by atoms with van der Waals surface area (Å²) in [5.41, 5.74) is 1.36. The van der Waals surface area contributed by atoms with Gasteiger partial charge < -0.3 is 9.62 Å². The number of H-pyrrole nitrogens is 1. The second-order valence-corrected chi connectivity index (χ2v) is 6.60. The van der Waals surface area contributed by atoms with Gasteiger partial charge in [-0.3, -0.25) is 4.59 Å². The molecule has 0 aliphatic carbocycles. The molecule has 0 amide bonds. The van der Waals surface area contributed by atoms with Crippen molar-refractivity contribution in [3.63, 3.8) is 0 Å². The Morgan fingerprint density at radius 2 is 2.23 bits per heavy atom. The zero-order valence-electron chi connectivity index (χ0n) is 15.0. The van der Waals surface area contributed by atoms with E-state index in [1.54, 1.807) is 0 Å². The van der Waals surface area contributed by atoms with Crippen molar-refractivity contribution < 1.29 is 4.68 Å². The standard InChI is InChI=1S/C19H23BN6/c1-18-19(17-24-14-7-10-21-24)9-6-15-25(18)20(26-16-8-11-22-26)23-12-4-2-3-5-13-23/h2-4,6-12,14-16,18H,5,13,17H2,1H3/p+1. The SMILES string of the molecule is CC1C(C[n+]2ccc[nH]2)=CC=CN1B(N1C=CC=CCC1)n1cccn1. The van der Waals surface area contributed by atoms with E-state index < -0.39 is 0 Å². The summed E-state index contributed by atoms with van der Waals surface area (Å²) in [7, 11) is 0.00439. The number of hydrogen-bond acceptors (Lipinski definition) is 3. The van der Waals surface area contributed by atoms with Gasteiger partial charge in [-0.15, -0.1) is 4.68 Å². The lowest BCUT2D eigenvalue weighted by atomic mass is 9.82. The minimum absolute atomic E-state index is 0.00439. The fourth-order valence-corrected chi connectivity index (χ4v) is 3.51. The Morgan fingerprint density at radius 3 is 3.04 bits per heavy atom. The largest absolute Gasteiger partial charge is 0.525 e. The first-order valence-corrected chi connectivity index (χ1v) is 9.09. The molecule has 0 radical (unpaired) electrons. The number of rotatable bonds is 5. The topological polar surface area (TPSA) is 44.0 Å². The number of hydrogen-bond donors (Lipinski definition) is 1. The molecule has 0 fully saturated rings. The van der Waals surface area contributed by atoms with Gasteiger partial charge in [0.15, 0.2) is 12.7 Å². The normalized spacial score (nSPS) is 19.6. The first-order valence-electron chi connectivity index (χ1n) is 9.09. The highest BCUT2D eigenvalue weighted by molar-refractivity contribution is 6.51. The van der Waals surface area contributed by atoms with Crippen molar-refractivity contribution in [3.8, 4) is 0 Å². The van der Waals surface area contributed by atoms with Crippen LogP contribution in [0.4, 0.5) is 0 Å². The Balaban J connectivity index is 1.61. The molecule has 7 heteroatoms.